The fourth-order valence-corrected chi connectivity index (χ4v) is 1.96. The summed E-state index contributed by atoms with van der Waals surface area (Å²) in [6.45, 7) is 1.21. The standard InChI is InChI=1S/C15H16N2O3/c18-14(16-7-10-17-8-3-4-9-17)11-12-5-1-2-6-13(12)15(19)20/h1-6,8-9H,7,10-11H2,(H,16,18)(H,19,20). The molecule has 2 N–H and O–H groups in total. The van der Waals surface area contributed by atoms with Crippen LogP contribution in [0.3, 0.4) is 0 Å². The van der Waals surface area contributed by atoms with Crippen LogP contribution in [0.25, 0.3) is 0 Å². The molecule has 0 unspecified atom stereocenters. The molecule has 1 amide bonds. The fourth-order valence-electron chi connectivity index (χ4n) is 1.96. The molecule has 2 rings (SSSR count). The molecule has 20 heavy (non-hydrogen) atoms. The van der Waals surface area contributed by atoms with Gasteiger partial charge < -0.3 is 15.0 Å². The molecule has 5 nitrogen and oxygen atoms in total. The van der Waals surface area contributed by atoms with Crippen molar-refractivity contribution in [2.75, 3.05) is 6.54 Å². The Morgan fingerprint density at radius 1 is 1.10 bits per heavy atom. The number of amides is 1. The van der Waals surface area contributed by atoms with E-state index in [4.69, 9.17) is 5.11 Å². The Labute approximate surface area is 116 Å². The molecule has 2 aromatic rings. The molecular weight excluding hydrogens is 256 g/mol. The maximum atomic E-state index is 11.8. The Hall–Kier alpha value is -2.56. The van der Waals surface area contributed by atoms with E-state index in [-0.39, 0.29) is 17.9 Å². The zero-order chi connectivity index (χ0) is 14.4. The Kier molecular flexibility index (Phi) is 4.55. The molecule has 0 saturated carbocycles. The van der Waals surface area contributed by atoms with Crippen LogP contribution in [0.1, 0.15) is 15.9 Å². The van der Waals surface area contributed by atoms with Crippen molar-refractivity contribution in [3.05, 3.63) is 59.9 Å². The van der Waals surface area contributed by atoms with E-state index in [1.54, 1.807) is 18.2 Å². The normalized spacial score (nSPS) is 10.2. The smallest absolute Gasteiger partial charge is 0.335 e. The van der Waals surface area contributed by atoms with Gasteiger partial charge in [-0.1, -0.05) is 18.2 Å². The van der Waals surface area contributed by atoms with Gasteiger partial charge in [0.25, 0.3) is 0 Å². The van der Waals surface area contributed by atoms with Gasteiger partial charge in [0.1, 0.15) is 0 Å². The Bertz CT molecular complexity index is 591. The molecule has 0 aliphatic heterocycles. The molecule has 0 aliphatic carbocycles. The molecule has 0 radical (unpaired) electrons. The minimum atomic E-state index is -1.01. The van der Waals surface area contributed by atoms with Gasteiger partial charge in [0, 0.05) is 25.5 Å². The molecule has 0 bridgehead atoms. The SMILES string of the molecule is O=C(Cc1ccccc1C(=O)O)NCCn1cccc1. The van der Waals surface area contributed by atoms with Crippen LogP contribution < -0.4 is 5.32 Å². The van der Waals surface area contributed by atoms with Crippen LogP contribution >= 0.6 is 0 Å². The number of hydrogen-bond acceptors (Lipinski definition) is 2. The highest BCUT2D eigenvalue weighted by atomic mass is 16.4. The van der Waals surface area contributed by atoms with Crippen molar-refractivity contribution in [2.45, 2.75) is 13.0 Å². The first-order valence-corrected chi connectivity index (χ1v) is 6.35. The van der Waals surface area contributed by atoms with Crippen LogP contribution in [0.5, 0.6) is 0 Å². The summed E-state index contributed by atoms with van der Waals surface area (Å²) >= 11 is 0. The summed E-state index contributed by atoms with van der Waals surface area (Å²) in [6.07, 6.45) is 3.92. The average molecular weight is 272 g/mol. The summed E-state index contributed by atoms with van der Waals surface area (Å²) in [6, 6.07) is 10.4. The van der Waals surface area contributed by atoms with E-state index in [0.717, 1.165) is 0 Å². The lowest BCUT2D eigenvalue weighted by Crippen LogP contribution is -2.28. The largest absolute Gasteiger partial charge is 0.478 e. The number of benzene rings is 1. The second-order valence-electron chi connectivity index (χ2n) is 4.41. The number of rotatable bonds is 6. The Morgan fingerprint density at radius 2 is 1.80 bits per heavy atom. The molecule has 104 valence electrons. The van der Waals surface area contributed by atoms with Crippen LogP contribution in [0.15, 0.2) is 48.8 Å². The van der Waals surface area contributed by atoms with Crippen LogP contribution in [0.2, 0.25) is 0 Å². The van der Waals surface area contributed by atoms with Crippen molar-refractivity contribution in [1.29, 1.82) is 0 Å². The molecule has 0 aliphatic rings. The number of hydrogen-bond donors (Lipinski definition) is 2. The fraction of sp³-hybridized carbons (Fsp3) is 0.200. The van der Waals surface area contributed by atoms with Crippen LogP contribution in [-0.2, 0) is 17.8 Å². The molecule has 1 aromatic carbocycles. The van der Waals surface area contributed by atoms with Crippen molar-refractivity contribution in [3.8, 4) is 0 Å². The number of carboxylic acid groups (broad SMARTS) is 1. The highest BCUT2D eigenvalue weighted by Gasteiger charge is 2.11. The Morgan fingerprint density at radius 3 is 2.50 bits per heavy atom. The van der Waals surface area contributed by atoms with Crippen molar-refractivity contribution in [2.24, 2.45) is 0 Å². The highest BCUT2D eigenvalue weighted by molar-refractivity contribution is 5.91. The first kappa shape index (κ1) is 13.9. The Balaban J connectivity index is 1.87. The van der Waals surface area contributed by atoms with Gasteiger partial charge in [0.2, 0.25) is 5.91 Å². The number of aromatic nitrogens is 1. The molecule has 0 spiro atoms. The predicted molar refractivity (Wildman–Crippen MR) is 74.5 cm³/mol. The monoisotopic (exact) mass is 272 g/mol. The predicted octanol–water partition coefficient (Wildman–Crippen LogP) is 1.55. The van der Waals surface area contributed by atoms with Crippen LogP contribution in [-0.4, -0.2) is 28.1 Å². The van der Waals surface area contributed by atoms with E-state index < -0.39 is 5.97 Å². The quantitative estimate of drug-likeness (QED) is 0.838. The summed E-state index contributed by atoms with van der Waals surface area (Å²) in [5, 5.41) is 11.8. The van der Waals surface area contributed by atoms with Gasteiger partial charge >= 0.3 is 5.97 Å². The van der Waals surface area contributed by atoms with Crippen LogP contribution in [0, 0.1) is 0 Å². The van der Waals surface area contributed by atoms with Crippen molar-refractivity contribution >= 4 is 11.9 Å². The van der Waals surface area contributed by atoms with Gasteiger partial charge in [-0.25, -0.2) is 4.79 Å². The molecule has 0 atom stereocenters. The van der Waals surface area contributed by atoms with Crippen LogP contribution in [0.4, 0.5) is 0 Å². The molecule has 1 aromatic heterocycles. The summed E-state index contributed by atoms with van der Waals surface area (Å²) in [5.41, 5.74) is 0.700. The minimum Gasteiger partial charge on any atom is -0.478 e. The number of carboxylic acids is 1. The number of nitrogens with one attached hydrogen (secondary N) is 1. The maximum Gasteiger partial charge on any atom is 0.335 e. The van der Waals surface area contributed by atoms with Gasteiger partial charge in [-0.3, -0.25) is 4.79 Å². The molecule has 5 heteroatoms. The number of carbonyl (C=O) groups excluding carboxylic acids is 1. The maximum absolute atomic E-state index is 11.8. The lowest BCUT2D eigenvalue weighted by Gasteiger charge is -2.08. The second-order valence-corrected chi connectivity index (χ2v) is 4.41. The first-order chi connectivity index (χ1) is 9.66. The third-order valence-electron chi connectivity index (χ3n) is 2.96. The second kappa shape index (κ2) is 6.56. The van der Waals surface area contributed by atoms with Gasteiger partial charge in [0.05, 0.1) is 12.0 Å². The minimum absolute atomic E-state index is 0.0775. The zero-order valence-corrected chi connectivity index (χ0v) is 11.0. The van der Waals surface area contributed by atoms with Gasteiger partial charge in [-0.2, -0.15) is 0 Å². The van der Waals surface area contributed by atoms with Crippen molar-refractivity contribution in [3.63, 3.8) is 0 Å². The van der Waals surface area contributed by atoms with Crippen molar-refractivity contribution in [1.82, 2.24) is 9.88 Å². The topological polar surface area (TPSA) is 71.3 Å². The van der Waals surface area contributed by atoms with Gasteiger partial charge in [-0.15, -0.1) is 0 Å². The number of carbonyl (C=O) groups is 2. The average Bonchev–Trinajstić information content (AvgIpc) is 2.92. The zero-order valence-electron chi connectivity index (χ0n) is 11.0. The van der Waals surface area contributed by atoms with Crippen molar-refractivity contribution < 1.29 is 14.7 Å². The third-order valence-corrected chi connectivity index (χ3v) is 2.96. The van der Waals surface area contributed by atoms with E-state index in [2.05, 4.69) is 5.32 Å². The van der Waals surface area contributed by atoms with E-state index in [0.29, 0.717) is 18.7 Å². The number of aromatic carboxylic acids is 1. The molecule has 1 heterocycles. The highest BCUT2D eigenvalue weighted by Crippen LogP contribution is 2.09. The summed E-state index contributed by atoms with van der Waals surface area (Å²) in [4.78, 5) is 22.8. The summed E-state index contributed by atoms with van der Waals surface area (Å²) in [5.74, 6) is -1.19. The van der Waals surface area contributed by atoms with E-state index in [1.807, 2.05) is 29.1 Å². The third kappa shape index (κ3) is 3.71. The van der Waals surface area contributed by atoms with E-state index in [9.17, 15) is 9.59 Å². The van der Waals surface area contributed by atoms with E-state index >= 15 is 0 Å². The number of nitrogens with zero attached hydrogens (tertiary/aromatic N) is 1. The summed E-state index contributed by atoms with van der Waals surface area (Å²) in [7, 11) is 0. The molecular formula is C15H16N2O3. The van der Waals surface area contributed by atoms with Gasteiger partial charge in [-0.05, 0) is 23.8 Å². The lowest BCUT2D eigenvalue weighted by molar-refractivity contribution is -0.120. The van der Waals surface area contributed by atoms with E-state index in [1.165, 1.54) is 6.07 Å². The first-order valence-electron chi connectivity index (χ1n) is 6.35. The van der Waals surface area contributed by atoms with Gasteiger partial charge in [0.15, 0.2) is 0 Å². The molecule has 0 saturated heterocycles. The summed E-state index contributed by atoms with van der Waals surface area (Å²) < 4.78 is 1.96. The molecule has 0 fully saturated rings. The lowest BCUT2D eigenvalue weighted by atomic mass is 10.0.